The van der Waals surface area contributed by atoms with Crippen LogP contribution in [0.4, 0.5) is 11.6 Å². The molecule has 8 nitrogen and oxygen atoms in total. The molecule has 0 N–H and O–H groups in total. The molecular weight excluding hydrogens is 390 g/mol. The molecule has 4 rings (SSSR count). The van der Waals surface area contributed by atoms with E-state index in [0.717, 1.165) is 35.9 Å². The fourth-order valence-electron chi connectivity index (χ4n) is 3.75. The van der Waals surface area contributed by atoms with E-state index in [1.54, 1.807) is 4.31 Å². The van der Waals surface area contributed by atoms with Crippen molar-refractivity contribution in [2.24, 2.45) is 0 Å². The number of morpholine rings is 1. The zero-order chi connectivity index (χ0) is 20.3. The Labute approximate surface area is 172 Å². The minimum absolute atomic E-state index is 0.0444. The van der Waals surface area contributed by atoms with E-state index in [0.29, 0.717) is 39.4 Å². The number of nitrogens with zero attached hydrogens (tertiary/aromatic N) is 5. The second-order valence-corrected chi connectivity index (χ2v) is 9.45. The second kappa shape index (κ2) is 8.64. The highest BCUT2D eigenvalue weighted by atomic mass is 32.2. The normalized spacial score (nSPS) is 18.8. The largest absolute Gasteiger partial charge is 0.378 e. The highest BCUT2D eigenvalue weighted by Gasteiger charge is 2.28. The van der Waals surface area contributed by atoms with Gasteiger partial charge in [0.05, 0.1) is 19.0 Å². The van der Waals surface area contributed by atoms with Crippen LogP contribution in [0.15, 0.2) is 36.4 Å². The smallest absolute Gasteiger partial charge is 0.218 e. The van der Waals surface area contributed by atoms with Crippen molar-refractivity contribution in [1.82, 2.24) is 14.5 Å². The fourth-order valence-corrected chi connectivity index (χ4v) is 5.25. The number of hydrogen-bond donors (Lipinski definition) is 0. The Bertz CT molecular complexity index is 921. The van der Waals surface area contributed by atoms with Crippen LogP contribution in [0.1, 0.15) is 11.1 Å². The molecule has 0 spiro atoms. The Morgan fingerprint density at radius 1 is 0.897 bits per heavy atom. The quantitative estimate of drug-likeness (QED) is 0.725. The van der Waals surface area contributed by atoms with Gasteiger partial charge in [0, 0.05) is 39.3 Å². The molecular formula is C20H27N5O3S. The summed E-state index contributed by atoms with van der Waals surface area (Å²) < 4.78 is 32.5. The number of rotatable bonds is 5. The maximum Gasteiger partial charge on any atom is 0.218 e. The van der Waals surface area contributed by atoms with Crippen LogP contribution in [0.25, 0.3) is 0 Å². The van der Waals surface area contributed by atoms with Crippen LogP contribution < -0.4 is 9.80 Å². The van der Waals surface area contributed by atoms with Crippen LogP contribution >= 0.6 is 0 Å². The van der Waals surface area contributed by atoms with Gasteiger partial charge in [-0.2, -0.15) is 4.31 Å². The van der Waals surface area contributed by atoms with Gasteiger partial charge in [-0.1, -0.05) is 29.8 Å². The molecule has 0 atom stereocenters. The zero-order valence-electron chi connectivity index (χ0n) is 16.7. The van der Waals surface area contributed by atoms with E-state index in [4.69, 9.17) is 4.74 Å². The molecule has 2 aliphatic rings. The lowest BCUT2D eigenvalue weighted by Crippen LogP contribution is -2.49. The molecule has 2 aromatic rings. The van der Waals surface area contributed by atoms with Gasteiger partial charge in [-0.05, 0) is 24.6 Å². The number of aryl methyl sites for hydroxylation is 1. The second-order valence-electron chi connectivity index (χ2n) is 7.48. The minimum Gasteiger partial charge on any atom is -0.378 e. The first-order valence-corrected chi connectivity index (χ1v) is 11.6. The summed E-state index contributed by atoms with van der Waals surface area (Å²) in [7, 11) is -3.33. The Morgan fingerprint density at radius 2 is 1.52 bits per heavy atom. The van der Waals surface area contributed by atoms with Gasteiger partial charge >= 0.3 is 0 Å². The van der Waals surface area contributed by atoms with Crippen molar-refractivity contribution in [2.45, 2.75) is 12.7 Å². The standard InChI is InChI=1S/C20H27N5O3S/c1-17-3-2-4-18(15-17)16-29(26,27)25-9-7-23(8-10-25)19-5-6-20(22-21-19)24-11-13-28-14-12-24/h2-6,15H,7-14,16H2,1H3. The first-order chi connectivity index (χ1) is 14.0. The molecule has 1 aromatic carbocycles. The van der Waals surface area contributed by atoms with Gasteiger partial charge in [0.25, 0.3) is 0 Å². The molecule has 0 saturated carbocycles. The molecule has 3 heterocycles. The van der Waals surface area contributed by atoms with E-state index in [1.165, 1.54) is 0 Å². The predicted molar refractivity (Wildman–Crippen MR) is 113 cm³/mol. The third kappa shape index (κ3) is 4.85. The lowest BCUT2D eigenvalue weighted by Gasteiger charge is -2.34. The molecule has 29 heavy (non-hydrogen) atoms. The van der Waals surface area contributed by atoms with Gasteiger partial charge in [0.15, 0.2) is 11.6 Å². The fraction of sp³-hybridized carbons (Fsp3) is 0.500. The molecule has 2 saturated heterocycles. The summed E-state index contributed by atoms with van der Waals surface area (Å²) in [5.41, 5.74) is 1.90. The van der Waals surface area contributed by atoms with E-state index < -0.39 is 10.0 Å². The summed E-state index contributed by atoms with van der Waals surface area (Å²) in [6.07, 6.45) is 0. The van der Waals surface area contributed by atoms with E-state index >= 15 is 0 Å². The summed E-state index contributed by atoms with van der Waals surface area (Å²) in [6.45, 7) is 7.18. The molecule has 2 aliphatic heterocycles. The van der Waals surface area contributed by atoms with Gasteiger partial charge in [0.1, 0.15) is 0 Å². The molecule has 0 bridgehead atoms. The Balaban J connectivity index is 1.35. The number of piperazine rings is 1. The van der Waals surface area contributed by atoms with Gasteiger partial charge in [0.2, 0.25) is 10.0 Å². The highest BCUT2D eigenvalue weighted by molar-refractivity contribution is 7.88. The summed E-state index contributed by atoms with van der Waals surface area (Å²) in [5.74, 6) is 1.69. The number of benzene rings is 1. The lowest BCUT2D eigenvalue weighted by molar-refractivity contribution is 0.122. The maximum absolute atomic E-state index is 12.8. The number of sulfonamides is 1. The van der Waals surface area contributed by atoms with Crippen LogP contribution in [-0.4, -0.2) is 75.4 Å². The predicted octanol–water partition coefficient (Wildman–Crippen LogP) is 1.27. The van der Waals surface area contributed by atoms with Gasteiger partial charge < -0.3 is 14.5 Å². The highest BCUT2D eigenvalue weighted by Crippen LogP contribution is 2.20. The molecule has 0 aliphatic carbocycles. The van der Waals surface area contributed by atoms with E-state index in [1.807, 2.05) is 43.3 Å². The Morgan fingerprint density at radius 3 is 2.10 bits per heavy atom. The minimum atomic E-state index is -3.33. The van der Waals surface area contributed by atoms with Gasteiger partial charge in [-0.25, -0.2) is 8.42 Å². The van der Waals surface area contributed by atoms with Crippen LogP contribution in [0.5, 0.6) is 0 Å². The van der Waals surface area contributed by atoms with Gasteiger partial charge in [-0.15, -0.1) is 10.2 Å². The van der Waals surface area contributed by atoms with Crippen molar-refractivity contribution in [1.29, 1.82) is 0 Å². The molecule has 0 radical (unpaired) electrons. The van der Waals surface area contributed by atoms with Crippen LogP contribution in [0.3, 0.4) is 0 Å². The van der Waals surface area contributed by atoms with E-state index in [2.05, 4.69) is 20.0 Å². The molecule has 9 heteroatoms. The first kappa shape index (κ1) is 20.1. The van der Waals surface area contributed by atoms with Crippen molar-refractivity contribution in [2.75, 3.05) is 62.3 Å². The topological polar surface area (TPSA) is 78.9 Å². The van der Waals surface area contributed by atoms with E-state index in [-0.39, 0.29) is 5.75 Å². The number of aromatic nitrogens is 2. The lowest BCUT2D eigenvalue weighted by atomic mass is 10.2. The third-order valence-electron chi connectivity index (χ3n) is 5.36. The average molecular weight is 418 g/mol. The number of anilines is 2. The SMILES string of the molecule is Cc1cccc(CS(=O)(=O)N2CCN(c3ccc(N4CCOCC4)nn3)CC2)c1. The average Bonchev–Trinajstić information content (AvgIpc) is 2.74. The van der Waals surface area contributed by atoms with Crippen molar-refractivity contribution in [3.8, 4) is 0 Å². The Kier molecular flexibility index (Phi) is 5.98. The molecule has 1 aromatic heterocycles. The Hall–Kier alpha value is -2.23. The molecule has 2 fully saturated rings. The van der Waals surface area contributed by atoms with Crippen molar-refractivity contribution in [3.63, 3.8) is 0 Å². The molecule has 0 unspecified atom stereocenters. The summed E-state index contributed by atoms with van der Waals surface area (Å²) in [6, 6.07) is 11.6. The summed E-state index contributed by atoms with van der Waals surface area (Å²) in [4.78, 5) is 4.25. The van der Waals surface area contributed by atoms with Crippen molar-refractivity contribution >= 4 is 21.7 Å². The van der Waals surface area contributed by atoms with Gasteiger partial charge in [-0.3, -0.25) is 0 Å². The van der Waals surface area contributed by atoms with Crippen LogP contribution in [0, 0.1) is 6.92 Å². The third-order valence-corrected chi connectivity index (χ3v) is 7.21. The summed E-state index contributed by atoms with van der Waals surface area (Å²) in [5, 5.41) is 8.72. The first-order valence-electron chi connectivity index (χ1n) is 9.96. The summed E-state index contributed by atoms with van der Waals surface area (Å²) >= 11 is 0. The van der Waals surface area contributed by atoms with Crippen LogP contribution in [0.2, 0.25) is 0 Å². The van der Waals surface area contributed by atoms with E-state index in [9.17, 15) is 8.42 Å². The van der Waals surface area contributed by atoms with Crippen molar-refractivity contribution in [3.05, 3.63) is 47.5 Å². The maximum atomic E-state index is 12.8. The number of hydrogen-bond acceptors (Lipinski definition) is 7. The monoisotopic (exact) mass is 417 g/mol. The van der Waals surface area contributed by atoms with Crippen molar-refractivity contribution < 1.29 is 13.2 Å². The number of ether oxygens (including phenoxy) is 1. The molecule has 0 amide bonds. The van der Waals surface area contributed by atoms with Crippen LogP contribution in [-0.2, 0) is 20.5 Å². The molecule has 156 valence electrons. The zero-order valence-corrected chi connectivity index (χ0v) is 17.5.